The van der Waals surface area contributed by atoms with E-state index in [4.69, 9.17) is 4.74 Å². The molecule has 0 radical (unpaired) electrons. The molecule has 1 heterocycles. The molecule has 0 aliphatic rings. The first-order chi connectivity index (χ1) is 11.0. The number of fused-ring (bicyclic) bond motifs is 1. The third-order valence-electron chi connectivity index (χ3n) is 3.84. The van der Waals surface area contributed by atoms with Gasteiger partial charge in [-0.15, -0.1) is 0 Å². The molecule has 3 aromatic rings. The minimum Gasteiger partial charge on any atom is -0.497 e. The summed E-state index contributed by atoms with van der Waals surface area (Å²) >= 11 is 0. The number of sulfonamides is 1. The third kappa shape index (κ3) is 3.09. The number of ether oxygens (including phenoxy) is 1. The largest absolute Gasteiger partial charge is 0.497 e. The lowest BCUT2D eigenvalue weighted by Crippen LogP contribution is -2.23. The Balaban J connectivity index is 1.84. The summed E-state index contributed by atoms with van der Waals surface area (Å²) in [5.74, 6) is 0.622. The summed E-state index contributed by atoms with van der Waals surface area (Å²) in [6, 6.07) is 14.2. The van der Waals surface area contributed by atoms with E-state index < -0.39 is 10.0 Å². The number of H-pyrrole nitrogens is 1. The maximum atomic E-state index is 12.4. The lowest BCUT2D eigenvalue weighted by Gasteiger charge is -2.08. The van der Waals surface area contributed by atoms with Crippen LogP contribution in [-0.2, 0) is 16.6 Å². The average molecular weight is 330 g/mol. The number of aryl methyl sites for hydroxylation is 1. The summed E-state index contributed by atoms with van der Waals surface area (Å²) in [5, 5.41) is 1.03. The fraction of sp³-hybridized carbons (Fsp3) is 0.176. The maximum Gasteiger partial charge on any atom is 0.240 e. The second kappa shape index (κ2) is 6.06. The predicted molar refractivity (Wildman–Crippen MR) is 90.1 cm³/mol. The zero-order valence-electron chi connectivity index (χ0n) is 13.0. The van der Waals surface area contributed by atoms with Crippen LogP contribution in [0, 0.1) is 6.92 Å². The van der Waals surface area contributed by atoms with E-state index >= 15 is 0 Å². The van der Waals surface area contributed by atoms with Gasteiger partial charge in [0.25, 0.3) is 0 Å². The Morgan fingerprint density at radius 1 is 1.09 bits per heavy atom. The maximum absolute atomic E-state index is 12.4. The summed E-state index contributed by atoms with van der Waals surface area (Å²) in [7, 11) is -2.02. The predicted octanol–water partition coefficient (Wildman–Crippen LogP) is 2.96. The Bertz CT molecular complexity index is 928. The number of aromatic nitrogens is 1. The highest BCUT2D eigenvalue weighted by Gasteiger charge is 2.16. The van der Waals surface area contributed by atoms with Gasteiger partial charge in [0.2, 0.25) is 10.0 Å². The van der Waals surface area contributed by atoms with Crippen LogP contribution in [0.2, 0.25) is 0 Å². The molecule has 0 saturated carbocycles. The number of hydrogen-bond acceptors (Lipinski definition) is 3. The summed E-state index contributed by atoms with van der Waals surface area (Å²) in [6.07, 6.45) is 0. The Hall–Kier alpha value is -2.31. The van der Waals surface area contributed by atoms with E-state index in [1.807, 2.05) is 31.2 Å². The topological polar surface area (TPSA) is 71.2 Å². The van der Waals surface area contributed by atoms with Gasteiger partial charge in [0.1, 0.15) is 5.75 Å². The summed E-state index contributed by atoms with van der Waals surface area (Å²) in [5.41, 5.74) is 2.92. The minimum absolute atomic E-state index is 0.218. The van der Waals surface area contributed by atoms with Crippen LogP contribution in [0.1, 0.15) is 11.3 Å². The summed E-state index contributed by atoms with van der Waals surface area (Å²) in [6.45, 7) is 2.18. The van der Waals surface area contributed by atoms with Crippen molar-refractivity contribution in [3.8, 4) is 5.75 Å². The molecular weight excluding hydrogens is 312 g/mol. The highest BCUT2D eigenvalue weighted by molar-refractivity contribution is 7.89. The molecule has 0 saturated heterocycles. The van der Waals surface area contributed by atoms with Gasteiger partial charge in [0.05, 0.1) is 12.0 Å². The van der Waals surface area contributed by atoms with Gasteiger partial charge in [-0.05, 0) is 42.8 Å². The van der Waals surface area contributed by atoms with Crippen LogP contribution in [0.5, 0.6) is 5.75 Å². The van der Waals surface area contributed by atoms with Gasteiger partial charge in [-0.1, -0.05) is 18.2 Å². The SMILES string of the molecule is COc1ccc(S(=O)(=O)NCc2c(C)[nH]c3ccccc23)cc1. The number of rotatable bonds is 5. The fourth-order valence-corrected chi connectivity index (χ4v) is 3.56. The van der Waals surface area contributed by atoms with Crippen LogP contribution in [0.3, 0.4) is 0 Å². The van der Waals surface area contributed by atoms with Crippen LogP contribution in [-0.4, -0.2) is 20.5 Å². The van der Waals surface area contributed by atoms with Crippen molar-refractivity contribution in [3.05, 3.63) is 59.8 Å². The molecule has 2 aromatic carbocycles. The number of methoxy groups -OCH3 is 1. The Kier molecular flexibility index (Phi) is 4.11. The van der Waals surface area contributed by atoms with E-state index in [9.17, 15) is 8.42 Å². The number of benzene rings is 2. The molecule has 5 nitrogen and oxygen atoms in total. The molecular formula is C17H18N2O3S. The van der Waals surface area contributed by atoms with Crippen molar-refractivity contribution in [3.63, 3.8) is 0 Å². The van der Waals surface area contributed by atoms with Crippen LogP contribution in [0.4, 0.5) is 0 Å². The number of para-hydroxylation sites is 1. The van der Waals surface area contributed by atoms with Gasteiger partial charge in [-0.25, -0.2) is 13.1 Å². The van der Waals surface area contributed by atoms with E-state index in [1.54, 1.807) is 19.2 Å². The second-order valence-electron chi connectivity index (χ2n) is 5.27. The zero-order valence-corrected chi connectivity index (χ0v) is 13.8. The quantitative estimate of drug-likeness (QED) is 0.755. The molecule has 120 valence electrons. The lowest BCUT2D eigenvalue weighted by atomic mass is 10.1. The van der Waals surface area contributed by atoms with E-state index in [0.29, 0.717) is 5.75 Å². The van der Waals surface area contributed by atoms with Gasteiger partial charge in [-0.3, -0.25) is 0 Å². The Morgan fingerprint density at radius 2 is 1.78 bits per heavy atom. The Labute approximate surface area is 135 Å². The highest BCUT2D eigenvalue weighted by atomic mass is 32.2. The second-order valence-corrected chi connectivity index (χ2v) is 7.04. The molecule has 0 aliphatic carbocycles. The molecule has 0 aliphatic heterocycles. The summed E-state index contributed by atoms with van der Waals surface area (Å²) < 4.78 is 32.5. The van der Waals surface area contributed by atoms with Crippen molar-refractivity contribution in [1.29, 1.82) is 0 Å². The molecule has 23 heavy (non-hydrogen) atoms. The van der Waals surface area contributed by atoms with Crippen molar-refractivity contribution < 1.29 is 13.2 Å². The molecule has 0 atom stereocenters. The fourth-order valence-electron chi connectivity index (χ4n) is 2.57. The number of aromatic amines is 1. The first kappa shape index (κ1) is 15.6. The standard InChI is InChI=1S/C17H18N2O3S/c1-12-16(15-5-3-4-6-17(15)19-12)11-18-23(20,21)14-9-7-13(22-2)8-10-14/h3-10,18-19H,11H2,1-2H3. The smallest absolute Gasteiger partial charge is 0.240 e. The Morgan fingerprint density at radius 3 is 2.48 bits per heavy atom. The molecule has 0 fully saturated rings. The molecule has 2 N–H and O–H groups in total. The normalized spacial score (nSPS) is 11.7. The van der Waals surface area contributed by atoms with Crippen molar-refractivity contribution in [1.82, 2.24) is 9.71 Å². The molecule has 0 amide bonds. The molecule has 0 spiro atoms. The number of nitrogens with one attached hydrogen (secondary N) is 2. The van der Waals surface area contributed by atoms with Gasteiger partial charge in [-0.2, -0.15) is 0 Å². The average Bonchev–Trinajstić information content (AvgIpc) is 2.88. The summed E-state index contributed by atoms with van der Waals surface area (Å²) in [4.78, 5) is 3.49. The van der Waals surface area contributed by atoms with E-state index in [-0.39, 0.29) is 11.4 Å². The number of hydrogen-bond donors (Lipinski definition) is 2. The highest BCUT2D eigenvalue weighted by Crippen LogP contribution is 2.22. The minimum atomic E-state index is -3.57. The van der Waals surface area contributed by atoms with Crippen LogP contribution in [0.15, 0.2) is 53.4 Å². The van der Waals surface area contributed by atoms with E-state index in [2.05, 4.69) is 9.71 Å². The zero-order chi connectivity index (χ0) is 16.4. The van der Waals surface area contributed by atoms with Crippen LogP contribution < -0.4 is 9.46 Å². The van der Waals surface area contributed by atoms with Crippen molar-refractivity contribution in [2.45, 2.75) is 18.4 Å². The third-order valence-corrected chi connectivity index (χ3v) is 5.25. The molecule has 1 aromatic heterocycles. The molecule has 3 rings (SSSR count). The molecule has 6 heteroatoms. The van der Waals surface area contributed by atoms with Gasteiger partial charge < -0.3 is 9.72 Å². The lowest BCUT2D eigenvalue weighted by molar-refractivity contribution is 0.414. The van der Waals surface area contributed by atoms with Crippen molar-refractivity contribution >= 4 is 20.9 Å². The molecule has 0 bridgehead atoms. The molecule has 0 unspecified atom stereocenters. The van der Waals surface area contributed by atoms with Crippen molar-refractivity contribution in [2.75, 3.05) is 7.11 Å². The first-order valence-electron chi connectivity index (χ1n) is 7.21. The first-order valence-corrected chi connectivity index (χ1v) is 8.69. The van der Waals surface area contributed by atoms with Crippen molar-refractivity contribution in [2.24, 2.45) is 0 Å². The van der Waals surface area contributed by atoms with E-state index in [0.717, 1.165) is 22.2 Å². The van der Waals surface area contributed by atoms with E-state index in [1.165, 1.54) is 12.1 Å². The van der Waals surface area contributed by atoms with Gasteiger partial charge >= 0.3 is 0 Å². The van der Waals surface area contributed by atoms with Crippen LogP contribution in [0.25, 0.3) is 10.9 Å². The van der Waals surface area contributed by atoms with Gasteiger partial charge in [0, 0.05) is 23.1 Å². The monoisotopic (exact) mass is 330 g/mol. The van der Waals surface area contributed by atoms with Crippen LogP contribution >= 0.6 is 0 Å². The van der Waals surface area contributed by atoms with Gasteiger partial charge in [0.15, 0.2) is 0 Å².